The van der Waals surface area contributed by atoms with E-state index in [2.05, 4.69) is 41.4 Å². The number of carbonyl (C=O) groups is 1. The van der Waals surface area contributed by atoms with Gasteiger partial charge in [0.1, 0.15) is 11.4 Å². The standard InChI is InChI=1S/C18H23N3O/c1-12-3-5-14(6-4-12)9-21-10-15-7-8-18(16(15)11-21)17(22)19-13(2)20-18/h3-6,15-16H,7-11H2,1-2H3,(H,19,20,22)/t15-,16+,18-/m0/s1. The van der Waals surface area contributed by atoms with Crippen LogP contribution in [0.4, 0.5) is 0 Å². The number of rotatable bonds is 2. The molecule has 1 saturated carbocycles. The lowest BCUT2D eigenvalue weighted by Crippen LogP contribution is -2.44. The molecule has 0 bridgehead atoms. The fourth-order valence-electron chi connectivity index (χ4n) is 4.54. The Bertz CT molecular complexity index is 636. The highest BCUT2D eigenvalue weighted by atomic mass is 16.2. The summed E-state index contributed by atoms with van der Waals surface area (Å²) in [6.07, 6.45) is 2.04. The number of aryl methyl sites for hydroxylation is 1. The Morgan fingerprint density at radius 2 is 2.05 bits per heavy atom. The molecule has 1 aromatic carbocycles. The van der Waals surface area contributed by atoms with Crippen LogP contribution >= 0.6 is 0 Å². The zero-order valence-electron chi connectivity index (χ0n) is 13.3. The van der Waals surface area contributed by atoms with Crippen LogP contribution in [0, 0.1) is 18.8 Å². The first-order chi connectivity index (χ1) is 10.6. The van der Waals surface area contributed by atoms with Crippen LogP contribution in [-0.2, 0) is 11.3 Å². The van der Waals surface area contributed by atoms with Crippen molar-refractivity contribution in [1.82, 2.24) is 10.2 Å². The maximum absolute atomic E-state index is 12.4. The van der Waals surface area contributed by atoms with Crippen LogP contribution in [-0.4, -0.2) is 35.3 Å². The van der Waals surface area contributed by atoms with Crippen molar-refractivity contribution >= 4 is 11.7 Å². The third-order valence-electron chi connectivity index (χ3n) is 5.61. The van der Waals surface area contributed by atoms with Crippen molar-refractivity contribution in [1.29, 1.82) is 0 Å². The molecule has 1 saturated heterocycles. The predicted octanol–water partition coefficient (Wildman–Crippen LogP) is 2.12. The van der Waals surface area contributed by atoms with Gasteiger partial charge in [-0.15, -0.1) is 0 Å². The lowest BCUT2D eigenvalue weighted by Gasteiger charge is -2.25. The van der Waals surface area contributed by atoms with Gasteiger partial charge in [0.05, 0.1) is 0 Å². The Labute approximate surface area is 131 Å². The number of nitrogens with zero attached hydrogens (tertiary/aromatic N) is 2. The third kappa shape index (κ3) is 2.09. The SMILES string of the molecule is CC1=N[C@]2(CC[C@H]3CN(Cc4ccc(C)cc4)C[C@H]32)C(=O)N1. The smallest absolute Gasteiger partial charge is 0.253 e. The molecule has 1 N–H and O–H groups in total. The number of nitrogens with one attached hydrogen (secondary N) is 1. The number of amidine groups is 1. The minimum atomic E-state index is -0.462. The van der Waals surface area contributed by atoms with E-state index in [-0.39, 0.29) is 5.91 Å². The molecule has 22 heavy (non-hydrogen) atoms. The summed E-state index contributed by atoms with van der Waals surface area (Å²) < 4.78 is 0. The monoisotopic (exact) mass is 297 g/mol. The second kappa shape index (κ2) is 4.92. The number of aliphatic imine (C=N–C) groups is 1. The summed E-state index contributed by atoms with van der Waals surface area (Å²) in [6, 6.07) is 8.77. The Hall–Kier alpha value is -1.68. The molecule has 4 rings (SSSR count). The largest absolute Gasteiger partial charge is 0.313 e. The lowest BCUT2D eigenvalue weighted by atomic mass is 9.85. The number of hydrogen-bond acceptors (Lipinski definition) is 3. The number of amides is 1. The summed E-state index contributed by atoms with van der Waals surface area (Å²) >= 11 is 0. The molecule has 2 heterocycles. The summed E-state index contributed by atoms with van der Waals surface area (Å²) in [5, 5.41) is 2.93. The lowest BCUT2D eigenvalue weighted by molar-refractivity contribution is -0.125. The first-order valence-electron chi connectivity index (χ1n) is 8.23. The molecule has 0 unspecified atom stereocenters. The van der Waals surface area contributed by atoms with Crippen molar-refractivity contribution in [3.05, 3.63) is 35.4 Å². The number of benzene rings is 1. The summed E-state index contributed by atoms with van der Waals surface area (Å²) in [5.74, 6) is 1.93. The minimum absolute atomic E-state index is 0.134. The van der Waals surface area contributed by atoms with Gasteiger partial charge >= 0.3 is 0 Å². The highest BCUT2D eigenvalue weighted by Crippen LogP contribution is 2.48. The summed E-state index contributed by atoms with van der Waals surface area (Å²) in [5.41, 5.74) is 2.19. The van der Waals surface area contributed by atoms with Gasteiger partial charge in [0.25, 0.3) is 5.91 Å². The van der Waals surface area contributed by atoms with Crippen molar-refractivity contribution in [3.63, 3.8) is 0 Å². The second-order valence-corrected chi connectivity index (χ2v) is 7.16. The molecule has 1 aliphatic carbocycles. The van der Waals surface area contributed by atoms with Crippen LogP contribution in [0.5, 0.6) is 0 Å². The molecule has 4 nitrogen and oxygen atoms in total. The molecule has 1 spiro atoms. The molecule has 0 radical (unpaired) electrons. The van der Waals surface area contributed by atoms with Crippen molar-refractivity contribution in [2.45, 2.75) is 38.8 Å². The zero-order chi connectivity index (χ0) is 15.3. The quantitative estimate of drug-likeness (QED) is 0.909. The van der Waals surface area contributed by atoms with Gasteiger partial charge in [0.2, 0.25) is 0 Å². The fourth-order valence-corrected chi connectivity index (χ4v) is 4.54. The molecule has 2 aliphatic heterocycles. The normalized spacial score (nSPS) is 34.1. The number of fused-ring (bicyclic) bond motifs is 2. The first-order valence-corrected chi connectivity index (χ1v) is 8.23. The molecular weight excluding hydrogens is 274 g/mol. The predicted molar refractivity (Wildman–Crippen MR) is 86.7 cm³/mol. The number of likely N-dealkylation sites (tertiary alicyclic amines) is 1. The Kier molecular flexibility index (Phi) is 3.12. The van der Waals surface area contributed by atoms with E-state index in [0.29, 0.717) is 11.8 Å². The molecule has 3 atom stereocenters. The van der Waals surface area contributed by atoms with Crippen LogP contribution in [0.25, 0.3) is 0 Å². The van der Waals surface area contributed by atoms with E-state index in [4.69, 9.17) is 4.99 Å². The maximum atomic E-state index is 12.4. The topological polar surface area (TPSA) is 44.7 Å². The maximum Gasteiger partial charge on any atom is 0.253 e. The first kappa shape index (κ1) is 13.9. The highest BCUT2D eigenvalue weighted by molar-refractivity contribution is 6.07. The minimum Gasteiger partial charge on any atom is -0.313 e. The zero-order valence-corrected chi connectivity index (χ0v) is 13.3. The van der Waals surface area contributed by atoms with E-state index >= 15 is 0 Å². The van der Waals surface area contributed by atoms with E-state index in [1.54, 1.807) is 0 Å². The molecule has 2 fully saturated rings. The van der Waals surface area contributed by atoms with Gasteiger partial charge in [-0.1, -0.05) is 29.8 Å². The van der Waals surface area contributed by atoms with E-state index in [1.807, 2.05) is 6.92 Å². The van der Waals surface area contributed by atoms with Gasteiger partial charge in [-0.25, -0.2) is 0 Å². The van der Waals surface area contributed by atoms with Crippen molar-refractivity contribution < 1.29 is 4.79 Å². The molecular formula is C18H23N3O. The van der Waals surface area contributed by atoms with E-state index < -0.39 is 5.54 Å². The van der Waals surface area contributed by atoms with Gasteiger partial charge in [-0.3, -0.25) is 14.7 Å². The third-order valence-corrected chi connectivity index (χ3v) is 5.61. The van der Waals surface area contributed by atoms with Crippen molar-refractivity contribution in [2.75, 3.05) is 13.1 Å². The summed E-state index contributed by atoms with van der Waals surface area (Å²) in [4.78, 5) is 19.6. The van der Waals surface area contributed by atoms with Crippen LogP contribution in [0.1, 0.15) is 30.9 Å². The van der Waals surface area contributed by atoms with Gasteiger partial charge < -0.3 is 5.32 Å². The van der Waals surface area contributed by atoms with Crippen LogP contribution in [0.2, 0.25) is 0 Å². The molecule has 0 aromatic heterocycles. The molecule has 3 aliphatic rings. The number of carbonyl (C=O) groups excluding carboxylic acids is 1. The van der Waals surface area contributed by atoms with Crippen LogP contribution in [0.3, 0.4) is 0 Å². The average Bonchev–Trinajstić information content (AvgIpc) is 3.10. The van der Waals surface area contributed by atoms with Crippen molar-refractivity contribution in [3.8, 4) is 0 Å². The van der Waals surface area contributed by atoms with Gasteiger partial charge in [-0.05, 0) is 38.2 Å². The summed E-state index contributed by atoms with van der Waals surface area (Å²) in [6.45, 7) is 7.09. The van der Waals surface area contributed by atoms with Crippen molar-refractivity contribution in [2.24, 2.45) is 16.8 Å². The van der Waals surface area contributed by atoms with Gasteiger partial charge in [0.15, 0.2) is 0 Å². The Morgan fingerprint density at radius 1 is 1.27 bits per heavy atom. The van der Waals surface area contributed by atoms with E-state index in [9.17, 15) is 4.79 Å². The molecule has 4 heteroatoms. The average molecular weight is 297 g/mol. The van der Waals surface area contributed by atoms with Crippen LogP contribution < -0.4 is 5.32 Å². The van der Waals surface area contributed by atoms with Gasteiger partial charge in [0, 0.05) is 25.6 Å². The fraction of sp³-hybridized carbons (Fsp3) is 0.556. The van der Waals surface area contributed by atoms with E-state index in [1.165, 1.54) is 11.1 Å². The van der Waals surface area contributed by atoms with E-state index in [0.717, 1.165) is 38.3 Å². The Morgan fingerprint density at radius 3 is 2.73 bits per heavy atom. The van der Waals surface area contributed by atoms with Crippen LogP contribution in [0.15, 0.2) is 29.3 Å². The Balaban J connectivity index is 1.50. The summed E-state index contributed by atoms with van der Waals surface area (Å²) in [7, 11) is 0. The number of hydrogen-bond donors (Lipinski definition) is 1. The highest BCUT2D eigenvalue weighted by Gasteiger charge is 2.58. The van der Waals surface area contributed by atoms with Gasteiger partial charge in [-0.2, -0.15) is 0 Å². The molecule has 1 amide bonds. The second-order valence-electron chi connectivity index (χ2n) is 7.16. The molecule has 116 valence electrons. The molecule has 1 aromatic rings.